The van der Waals surface area contributed by atoms with E-state index < -0.39 is 11.7 Å². The maximum Gasteiger partial charge on any atom is 0.291 e. The topological polar surface area (TPSA) is 59.3 Å². The van der Waals surface area contributed by atoms with Gasteiger partial charge in [-0.05, 0) is 24.3 Å². The van der Waals surface area contributed by atoms with Crippen LogP contribution in [0.3, 0.4) is 0 Å². The molecule has 1 N–H and O–H groups in total. The molecule has 0 aliphatic carbocycles. The van der Waals surface area contributed by atoms with Gasteiger partial charge in [0.05, 0.1) is 16.1 Å². The second-order valence-corrected chi connectivity index (χ2v) is 4.93. The Labute approximate surface area is 129 Å². The second-order valence-electron chi connectivity index (χ2n) is 4.53. The van der Waals surface area contributed by atoms with E-state index in [2.05, 4.69) is 5.32 Å². The Kier molecular flexibility index (Phi) is 3.65. The fourth-order valence-corrected chi connectivity index (χ4v) is 2.17. The predicted octanol–water partition coefficient (Wildman–Crippen LogP) is 3.84. The molecule has 4 nitrogen and oxygen atoms in total. The number of para-hydroxylation sites is 1. The Balaban J connectivity index is 1.99. The molecule has 0 saturated carbocycles. The van der Waals surface area contributed by atoms with Crippen LogP contribution in [-0.2, 0) is 0 Å². The van der Waals surface area contributed by atoms with Crippen molar-refractivity contribution in [3.8, 4) is 0 Å². The summed E-state index contributed by atoms with van der Waals surface area (Å²) in [7, 11) is 0. The van der Waals surface area contributed by atoms with E-state index in [9.17, 15) is 14.0 Å². The van der Waals surface area contributed by atoms with Crippen molar-refractivity contribution in [2.75, 3.05) is 5.32 Å². The molecule has 0 bridgehead atoms. The predicted molar refractivity (Wildman–Crippen MR) is 81.8 cm³/mol. The van der Waals surface area contributed by atoms with Crippen LogP contribution in [0.2, 0.25) is 5.02 Å². The van der Waals surface area contributed by atoms with Crippen molar-refractivity contribution in [1.29, 1.82) is 0 Å². The van der Waals surface area contributed by atoms with Crippen molar-refractivity contribution in [1.82, 2.24) is 0 Å². The van der Waals surface area contributed by atoms with E-state index in [0.717, 1.165) is 6.07 Å². The summed E-state index contributed by atoms with van der Waals surface area (Å²) in [6.07, 6.45) is 0. The third kappa shape index (κ3) is 2.58. The molecule has 0 aliphatic rings. The zero-order valence-electron chi connectivity index (χ0n) is 11.1. The summed E-state index contributed by atoms with van der Waals surface area (Å²) in [6, 6.07) is 11.8. The molecular formula is C16H9ClFNO3. The fourth-order valence-electron chi connectivity index (χ4n) is 2.00. The quantitative estimate of drug-likeness (QED) is 0.781. The smallest absolute Gasteiger partial charge is 0.291 e. The maximum absolute atomic E-state index is 13.8. The van der Waals surface area contributed by atoms with E-state index in [1.54, 1.807) is 24.3 Å². The van der Waals surface area contributed by atoms with Crippen LogP contribution in [0.15, 0.2) is 57.7 Å². The first kappa shape index (κ1) is 14.3. The van der Waals surface area contributed by atoms with Crippen LogP contribution in [0.25, 0.3) is 11.0 Å². The molecule has 0 spiro atoms. The highest BCUT2D eigenvalue weighted by atomic mass is 35.5. The van der Waals surface area contributed by atoms with Gasteiger partial charge in [-0.1, -0.05) is 29.8 Å². The average Bonchev–Trinajstić information content (AvgIpc) is 2.52. The molecule has 0 atom stereocenters. The van der Waals surface area contributed by atoms with Gasteiger partial charge in [0.15, 0.2) is 17.0 Å². The third-order valence-electron chi connectivity index (χ3n) is 3.06. The van der Waals surface area contributed by atoms with Gasteiger partial charge < -0.3 is 9.73 Å². The van der Waals surface area contributed by atoms with Gasteiger partial charge in [-0.25, -0.2) is 4.39 Å². The van der Waals surface area contributed by atoms with Gasteiger partial charge >= 0.3 is 0 Å². The normalized spacial score (nSPS) is 10.6. The van der Waals surface area contributed by atoms with E-state index in [0.29, 0.717) is 5.39 Å². The summed E-state index contributed by atoms with van der Waals surface area (Å²) in [5, 5.41) is 2.58. The highest BCUT2D eigenvalue weighted by Crippen LogP contribution is 2.22. The number of hydrogen-bond donors (Lipinski definition) is 1. The van der Waals surface area contributed by atoms with Gasteiger partial charge in [-0.15, -0.1) is 0 Å². The van der Waals surface area contributed by atoms with Gasteiger partial charge in [0.2, 0.25) is 0 Å². The monoisotopic (exact) mass is 317 g/mol. The molecule has 0 radical (unpaired) electrons. The van der Waals surface area contributed by atoms with Gasteiger partial charge in [-0.2, -0.15) is 0 Å². The number of carbonyl (C=O) groups is 1. The second kappa shape index (κ2) is 5.61. The zero-order chi connectivity index (χ0) is 15.7. The molecule has 0 fully saturated rings. The molecular weight excluding hydrogens is 309 g/mol. The number of amides is 1. The van der Waals surface area contributed by atoms with E-state index in [1.165, 1.54) is 18.2 Å². The van der Waals surface area contributed by atoms with Gasteiger partial charge in [-0.3, -0.25) is 9.59 Å². The standard InChI is InChI=1S/C16H9ClFNO3/c17-10-5-3-6-11(15(10)18)19-16(21)14-8-12(20)9-4-1-2-7-13(9)22-14/h1-8H,(H,19,21). The number of carbonyl (C=O) groups excluding carboxylic acids is 1. The van der Waals surface area contributed by atoms with Crippen LogP contribution in [-0.4, -0.2) is 5.91 Å². The van der Waals surface area contributed by atoms with Crippen molar-refractivity contribution in [2.24, 2.45) is 0 Å². The number of nitrogens with one attached hydrogen (secondary N) is 1. The number of halogens is 2. The maximum atomic E-state index is 13.8. The van der Waals surface area contributed by atoms with Gasteiger partial charge in [0.1, 0.15) is 5.58 Å². The highest BCUT2D eigenvalue weighted by Gasteiger charge is 2.15. The number of rotatable bonds is 2. The fraction of sp³-hybridized carbons (Fsp3) is 0. The first-order chi connectivity index (χ1) is 10.6. The molecule has 2 aromatic carbocycles. The number of hydrogen-bond acceptors (Lipinski definition) is 3. The van der Waals surface area contributed by atoms with Crippen LogP contribution < -0.4 is 10.7 Å². The third-order valence-corrected chi connectivity index (χ3v) is 3.35. The molecule has 22 heavy (non-hydrogen) atoms. The molecule has 0 unspecified atom stereocenters. The molecule has 110 valence electrons. The van der Waals surface area contributed by atoms with Gasteiger partial charge in [0.25, 0.3) is 5.91 Å². The summed E-state index contributed by atoms with van der Waals surface area (Å²) in [4.78, 5) is 24.1. The van der Waals surface area contributed by atoms with Crippen molar-refractivity contribution >= 4 is 34.2 Å². The minimum atomic E-state index is -0.749. The van der Waals surface area contributed by atoms with E-state index in [4.69, 9.17) is 16.0 Å². The van der Waals surface area contributed by atoms with Crippen LogP contribution in [0.5, 0.6) is 0 Å². The van der Waals surface area contributed by atoms with Crippen LogP contribution in [0.1, 0.15) is 10.6 Å². The lowest BCUT2D eigenvalue weighted by Crippen LogP contribution is -2.15. The molecule has 3 aromatic rings. The van der Waals surface area contributed by atoms with Crippen molar-refractivity contribution in [3.63, 3.8) is 0 Å². The largest absolute Gasteiger partial charge is 0.451 e. The zero-order valence-corrected chi connectivity index (χ0v) is 11.9. The Bertz CT molecular complexity index is 936. The van der Waals surface area contributed by atoms with Crippen LogP contribution in [0, 0.1) is 5.82 Å². The summed E-state index contributed by atoms with van der Waals surface area (Å²) >= 11 is 5.65. The van der Waals surface area contributed by atoms with Crippen molar-refractivity contribution in [2.45, 2.75) is 0 Å². The summed E-state index contributed by atoms with van der Waals surface area (Å²) in [6.45, 7) is 0. The summed E-state index contributed by atoms with van der Waals surface area (Å²) in [5.74, 6) is -1.69. The molecule has 3 rings (SSSR count). The Morgan fingerprint density at radius 1 is 1.14 bits per heavy atom. The van der Waals surface area contributed by atoms with E-state index in [-0.39, 0.29) is 27.5 Å². The molecule has 0 aliphatic heterocycles. The molecule has 1 aromatic heterocycles. The van der Waals surface area contributed by atoms with Crippen molar-refractivity contribution < 1.29 is 13.6 Å². The highest BCUT2D eigenvalue weighted by molar-refractivity contribution is 6.31. The molecule has 0 saturated heterocycles. The lowest BCUT2D eigenvalue weighted by Gasteiger charge is -2.07. The number of benzene rings is 2. The van der Waals surface area contributed by atoms with E-state index in [1.807, 2.05) is 0 Å². The Morgan fingerprint density at radius 2 is 1.91 bits per heavy atom. The molecule has 1 amide bonds. The average molecular weight is 318 g/mol. The van der Waals surface area contributed by atoms with Gasteiger partial charge in [0, 0.05) is 6.07 Å². The summed E-state index contributed by atoms with van der Waals surface area (Å²) in [5.41, 5.74) is -0.154. The Hall–Kier alpha value is -2.66. The van der Waals surface area contributed by atoms with E-state index >= 15 is 0 Å². The first-order valence-corrected chi connectivity index (χ1v) is 6.72. The lowest BCUT2D eigenvalue weighted by atomic mass is 10.2. The summed E-state index contributed by atoms with van der Waals surface area (Å²) < 4.78 is 19.2. The lowest BCUT2D eigenvalue weighted by molar-refractivity contribution is 0.0996. The SMILES string of the molecule is O=C(Nc1cccc(Cl)c1F)c1cc(=O)c2ccccc2o1. The molecule has 1 heterocycles. The minimum absolute atomic E-state index is 0.0895. The van der Waals surface area contributed by atoms with Crippen molar-refractivity contribution in [3.05, 3.63) is 75.4 Å². The Morgan fingerprint density at radius 3 is 2.73 bits per heavy atom. The minimum Gasteiger partial charge on any atom is -0.451 e. The van der Waals surface area contributed by atoms with Crippen LogP contribution in [0.4, 0.5) is 10.1 Å². The number of anilines is 1. The first-order valence-electron chi connectivity index (χ1n) is 6.34. The molecule has 6 heteroatoms. The van der Waals surface area contributed by atoms with Crippen LogP contribution >= 0.6 is 11.6 Å². The number of fused-ring (bicyclic) bond motifs is 1.